The summed E-state index contributed by atoms with van der Waals surface area (Å²) in [5.74, 6) is -1.48. The maximum absolute atomic E-state index is 12.2. The molecule has 1 heterocycles. The SMILES string of the molecule is CCC(C)(NC(=O)c1cc2cc(Br)ccc2[nH]1)C(=O)O. The third-order valence-electron chi connectivity index (χ3n) is 3.40. The van der Waals surface area contributed by atoms with E-state index in [1.807, 2.05) is 18.2 Å². The smallest absolute Gasteiger partial charge is 0.329 e. The Balaban J connectivity index is 2.29. The summed E-state index contributed by atoms with van der Waals surface area (Å²) in [6, 6.07) is 7.31. The van der Waals surface area contributed by atoms with Crippen molar-refractivity contribution in [3.63, 3.8) is 0 Å². The Kier molecular flexibility index (Phi) is 3.85. The molecular weight excluding hydrogens is 324 g/mol. The molecule has 0 spiro atoms. The number of carboxylic acids is 1. The quantitative estimate of drug-likeness (QED) is 0.801. The van der Waals surface area contributed by atoms with Gasteiger partial charge in [0.15, 0.2) is 0 Å². The Hall–Kier alpha value is -1.82. The molecule has 20 heavy (non-hydrogen) atoms. The third-order valence-corrected chi connectivity index (χ3v) is 3.89. The van der Waals surface area contributed by atoms with Crippen LogP contribution in [0, 0.1) is 0 Å². The fourth-order valence-corrected chi connectivity index (χ4v) is 2.22. The number of hydrogen-bond donors (Lipinski definition) is 3. The van der Waals surface area contributed by atoms with E-state index in [1.165, 1.54) is 6.92 Å². The predicted octanol–water partition coefficient (Wildman–Crippen LogP) is 2.91. The van der Waals surface area contributed by atoms with Crippen LogP contribution in [0.15, 0.2) is 28.7 Å². The minimum atomic E-state index is -1.27. The second-order valence-corrected chi connectivity index (χ2v) is 5.78. The molecule has 0 aliphatic heterocycles. The highest BCUT2D eigenvalue weighted by atomic mass is 79.9. The molecule has 1 unspecified atom stereocenters. The molecule has 1 aromatic heterocycles. The van der Waals surface area contributed by atoms with Gasteiger partial charge in [0, 0.05) is 15.4 Å². The van der Waals surface area contributed by atoms with Gasteiger partial charge < -0.3 is 15.4 Å². The van der Waals surface area contributed by atoms with Crippen LogP contribution in [-0.4, -0.2) is 27.5 Å². The Morgan fingerprint density at radius 1 is 1.40 bits per heavy atom. The first-order valence-electron chi connectivity index (χ1n) is 6.20. The topological polar surface area (TPSA) is 82.2 Å². The van der Waals surface area contributed by atoms with Crippen LogP contribution in [0.2, 0.25) is 0 Å². The number of halogens is 1. The lowest BCUT2D eigenvalue weighted by Gasteiger charge is -2.24. The second kappa shape index (κ2) is 5.28. The summed E-state index contributed by atoms with van der Waals surface area (Å²) in [6.07, 6.45) is 0.305. The van der Waals surface area contributed by atoms with E-state index in [0.717, 1.165) is 15.4 Å². The molecule has 2 aromatic rings. The van der Waals surface area contributed by atoms with Crippen LogP contribution in [0.4, 0.5) is 0 Å². The van der Waals surface area contributed by atoms with E-state index in [1.54, 1.807) is 13.0 Å². The molecule has 5 nitrogen and oxygen atoms in total. The molecule has 6 heteroatoms. The van der Waals surface area contributed by atoms with Crippen molar-refractivity contribution >= 4 is 38.7 Å². The maximum atomic E-state index is 12.2. The number of carbonyl (C=O) groups excluding carboxylic acids is 1. The summed E-state index contributed by atoms with van der Waals surface area (Å²) >= 11 is 3.37. The Bertz CT molecular complexity index is 680. The van der Waals surface area contributed by atoms with Crippen molar-refractivity contribution in [2.45, 2.75) is 25.8 Å². The van der Waals surface area contributed by atoms with Crippen molar-refractivity contribution in [2.24, 2.45) is 0 Å². The lowest BCUT2D eigenvalue weighted by molar-refractivity contribution is -0.143. The van der Waals surface area contributed by atoms with E-state index < -0.39 is 17.4 Å². The number of H-pyrrole nitrogens is 1. The summed E-state index contributed by atoms with van der Waals surface area (Å²) in [7, 11) is 0. The van der Waals surface area contributed by atoms with Crippen molar-refractivity contribution in [3.8, 4) is 0 Å². The van der Waals surface area contributed by atoms with Gasteiger partial charge in [-0.25, -0.2) is 4.79 Å². The summed E-state index contributed by atoms with van der Waals surface area (Å²) < 4.78 is 0.917. The van der Waals surface area contributed by atoms with Crippen molar-refractivity contribution in [2.75, 3.05) is 0 Å². The number of amides is 1. The zero-order valence-corrected chi connectivity index (χ0v) is 12.7. The van der Waals surface area contributed by atoms with E-state index in [2.05, 4.69) is 26.2 Å². The van der Waals surface area contributed by atoms with Gasteiger partial charge in [-0.05, 0) is 37.6 Å². The molecule has 1 aromatic carbocycles. The molecule has 2 rings (SSSR count). The van der Waals surface area contributed by atoms with Crippen LogP contribution in [-0.2, 0) is 4.79 Å². The van der Waals surface area contributed by atoms with E-state index >= 15 is 0 Å². The molecule has 0 saturated carbocycles. The molecule has 0 radical (unpaired) electrons. The van der Waals surface area contributed by atoms with E-state index in [0.29, 0.717) is 12.1 Å². The van der Waals surface area contributed by atoms with E-state index in [9.17, 15) is 14.7 Å². The van der Waals surface area contributed by atoms with Crippen molar-refractivity contribution in [1.82, 2.24) is 10.3 Å². The highest BCUT2D eigenvalue weighted by Gasteiger charge is 2.33. The molecule has 0 aliphatic carbocycles. The standard InChI is InChI=1S/C14H15BrN2O3/c1-3-14(2,13(19)20)17-12(18)11-7-8-6-9(15)4-5-10(8)16-11/h4-7,16H,3H2,1-2H3,(H,17,18)(H,19,20). The largest absolute Gasteiger partial charge is 0.480 e. The lowest BCUT2D eigenvalue weighted by Crippen LogP contribution is -2.51. The number of aliphatic carboxylic acids is 1. The number of aromatic amines is 1. The fraction of sp³-hybridized carbons (Fsp3) is 0.286. The molecule has 3 N–H and O–H groups in total. The van der Waals surface area contributed by atoms with Gasteiger partial charge in [0.2, 0.25) is 0 Å². The highest BCUT2D eigenvalue weighted by molar-refractivity contribution is 9.10. The van der Waals surface area contributed by atoms with Crippen LogP contribution in [0.5, 0.6) is 0 Å². The van der Waals surface area contributed by atoms with Crippen molar-refractivity contribution in [1.29, 1.82) is 0 Å². The first-order valence-corrected chi connectivity index (χ1v) is 6.99. The van der Waals surface area contributed by atoms with Crippen LogP contribution >= 0.6 is 15.9 Å². The van der Waals surface area contributed by atoms with Crippen LogP contribution < -0.4 is 5.32 Å². The number of hydrogen-bond acceptors (Lipinski definition) is 2. The summed E-state index contributed by atoms with van der Waals surface area (Å²) in [5, 5.41) is 12.6. The second-order valence-electron chi connectivity index (χ2n) is 4.86. The number of carboxylic acid groups (broad SMARTS) is 1. The average molecular weight is 339 g/mol. The van der Waals surface area contributed by atoms with Gasteiger partial charge >= 0.3 is 5.97 Å². The molecular formula is C14H15BrN2O3. The van der Waals surface area contributed by atoms with Crippen LogP contribution in [0.25, 0.3) is 10.9 Å². The Labute approximate surface area is 124 Å². The summed E-state index contributed by atoms with van der Waals surface area (Å²) in [6.45, 7) is 3.21. The predicted molar refractivity (Wildman–Crippen MR) is 79.8 cm³/mol. The van der Waals surface area contributed by atoms with Crippen LogP contribution in [0.1, 0.15) is 30.8 Å². The number of carbonyl (C=O) groups is 2. The minimum Gasteiger partial charge on any atom is -0.480 e. The number of aromatic nitrogens is 1. The molecule has 0 bridgehead atoms. The van der Waals surface area contributed by atoms with Gasteiger partial charge in [0.05, 0.1) is 0 Å². The van der Waals surface area contributed by atoms with Gasteiger partial charge in [-0.1, -0.05) is 22.9 Å². The minimum absolute atomic E-state index is 0.305. The zero-order valence-electron chi connectivity index (χ0n) is 11.2. The monoisotopic (exact) mass is 338 g/mol. The normalized spacial score (nSPS) is 13.9. The van der Waals surface area contributed by atoms with Gasteiger partial charge in [0.1, 0.15) is 11.2 Å². The van der Waals surface area contributed by atoms with Crippen molar-refractivity contribution < 1.29 is 14.7 Å². The highest BCUT2D eigenvalue weighted by Crippen LogP contribution is 2.21. The molecule has 0 saturated heterocycles. The number of benzene rings is 1. The first kappa shape index (κ1) is 14.6. The summed E-state index contributed by atoms with van der Waals surface area (Å²) in [5.41, 5.74) is -0.0968. The zero-order chi connectivity index (χ0) is 14.9. The molecule has 1 atom stereocenters. The third kappa shape index (κ3) is 2.70. The van der Waals surface area contributed by atoms with Crippen LogP contribution in [0.3, 0.4) is 0 Å². The molecule has 106 valence electrons. The number of nitrogens with one attached hydrogen (secondary N) is 2. The molecule has 1 amide bonds. The van der Waals surface area contributed by atoms with Gasteiger partial charge in [-0.2, -0.15) is 0 Å². The summed E-state index contributed by atoms with van der Waals surface area (Å²) in [4.78, 5) is 26.3. The fourth-order valence-electron chi connectivity index (χ4n) is 1.84. The van der Waals surface area contributed by atoms with E-state index in [4.69, 9.17) is 0 Å². The van der Waals surface area contributed by atoms with Gasteiger partial charge in [-0.15, -0.1) is 0 Å². The maximum Gasteiger partial charge on any atom is 0.329 e. The number of rotatable bonds is 4. The lowest BCUT2D eigenvalue weighted by atomic mass is 9.99. The first-order chi connectivity index (χ1) is 9.35. The van der Waals surface area contributed by atoms with E-state index in [-0.39, 0.29) is 0 Å². The Morgan fingerprint density at radius 3 is 2.70 bits per heavy atom. The Morgan fingerprint density at radius 2 is 2.10 bits per heavy atom. The molecule has 0 aliphatic rings. The average Bonchev–Trinajstić information content (AvgIpc) is 2.81. The number of fused-ring (bicyclic) bond motifs is 1. The van der Waals surface area contributed by atoms with Gasteiger partial charge in [-0.3, -0.25) is 4.79 Å². The van der Waals surface area contributed by atoms with Gasteiger partial charge in [0.25, 0.3) is 5.91 Å². The van der Waals surface area contributed by atoms with Crippen molar-refractivity contribution in [3.05, 3.63) is 34.4 Å². The molecule has 0 fully saturated rings.